The number of fused-ring (bicyclic) bond motifs is 2. The Morgan fingerprint density at radius 1 is 0.871 bits per heavy atom. The van der Waals surface area contributed by atoms with E-state index in [-0.39, 0.29) is 17.7 Å². The number of benzene rings is 2. The molecule has 3 heterocycles. The molecule has 0 aliphatic carbocycles. The third-order valence-corrected chi connectivity index (χ3v) is 6.56. The van der Waals surface area contributed by atoms with Gasteiger partial charge >= 0.3 is 0 Å². The van der Waals surface area contributed by atoms with E-state index in [2.05, 4.69) is 5.32 Å². The molecule has 3 amide bonds. The predicted octanol–water partition coefficient (Wildman–Crippen LogP) is 3.59. The Morgan fingerprint density at radius 2 is 1.61 bits per heavy atom. The van der Waals surface area contributed by atoms with Crippen molar-refractivity contribution in [2.75, 3.05) is 31.5 Å². The second-order valence-corrected chi connectivity index (χ2v) is 8.41. The van der Waals surface area contributed by atoms with E-state index in [0.29, 0.717) is 48.8 Å². The molecular weight excluding hydrogens is 414 g/mol. The first-order chi connectivity index (χ1) is 15.1. The number of rotatable bonds is 2. The van der Waals surface area contributed by atoms with Crippen LogP contribution in [0.3, 0.4) is 0 Å². The number of nitrogens with zero attached hydrogens (tertiary/aromatic N) is 2. The number of carbonyl (C=O) groups excluding carboxylic acids is 3. The Bertz CT molecular complexity index is 1170. The SMILES string of the molecule is O=C1Nc2cc(C(=O)N3CCN(C(=O)c4ccco4)CC3)ccc2Sc2ccccc21. The van der Waals surface area contributed by atoms with E-state index in [9.17, 15) is 14.4 Å². The number of piperazine rings is 1. The van der Waals surface area contributed by atoms with Gasteiger partial charge in [-0.25, -0.2) is 0 Å². The Balaban J connectivity index is 1.30. The highest BCUT2D eigenvalue weighted by Gasteiger charge is 2.27. The fourth-order valence-corrected chi connectivity index (χ4v) is 4.76. The van der Waals surface area contributed by atoms with E-state index in [1.807, 2.05) is 24.3 Å². The summed E-state index contributed by atoms with van der Waals surface area (Å²) in [5.74, 6) is -0.161. The van der Waals surface area contributed by atoms with Crippen molar-refractivity contribution in [1.29, 1.82) is 0 Å². The van der Waals surface area contributed by atoms with E-state index in [0.717, 1.165) is 9.79 Å². The minimum absolute atomic E-state index is 0.117. The molecule has 0 radical (unpaired) electrons. The minimum atomic E-state index is -0.184. The van der Waals surface area contributed by atoms with Crippen LogP contribution in [0, 0.1) is 0 Å². The van der Waals surface area contributed by atoms with E-state index in [1.165, 1.54) is 18.0 Å². The summed E-state index contributed by atoms with van der Waals surface area (Å²) in [6.45, 7) is 1.76. The van der Waals surface area contributed by atoms with Crippen molar-refractivity contribution < 1.29 is 18.8 Å². The molecule has 0 atom stereocenters. The molecule has 1 fully saturated rings. The van der Waals surface area contributed by atoms with Crippen LogP contribution in [0.4, 0.5) is 5.69 Å². The van der Waals surface area contributed by atoms with E-state index < -0.39 is 0 Å². The summed E-state index contributed by atoms with van der Waals surface area (Å²) in [5.41, 5.74) is 1.76. The molecule has 156 valence electrons. The zero-order chi connectivity index (χ0) is 21.4. The van der Waals surface area contributed by atoms with Crippen molar-refractivity contribution in [3.05, 3.63) is 77.7 Å². The molecule has 2 aliphatic rings. The highest BCUT2D eigenvalue weighted by Crippen LogP contribution is 2.39. The monoisotopic (exact) mass is 433 g/mol. The van der Waals surface area contributed by atoms with E-state index in [4.69, 9.17) is 4.42 Å². The summed E-state index contributed by atoms with van der Waals surface area (Å²) >= 11 is 1.50. The summed E-state index contributed by atoms with van der Waals surface area (Å²) in [4.78, 5) is 43.3. The average Bonchev–Trinajstić information content (AvgIpc) is 3.30. The number of hydrogen-bond donors (Lipinski definition) is 1. The second kappa shape index (κ2) is 7.96. The number of carbonyl (C=O) groups is 3. The lowest BCUT2D eigenvalue weighted by molar-refractivity contribution is 0.0518. The van der Waals surface area contributed by atoms with Crippen LogP contribution in [0.5, 0.6) is 0 Å². The van der Waals surface area contributed by atoms with E-state index >= 15 is 0 Å². The fraction of sp³-hybridized carbons (Fsp3) is 0.174. The number of amides is 3. The molecule has 1 saturated heterocycles. The molecule has 2 aromatic carbocycles. The van der Waals surface area contributed by atoms with Gasteiger partial charge in [-0.1, -0.05) is 23.9 Å². The molecule has 1 aromatic heterocycles. The standard InChI is InChI=1S/C23H19N3O4S/c27-21-16-4-1-2-6-19(16)31-20-8-7-15(14-17(20)24-21)22(28)25-9-11-26(12-10-25)23(29)18-5-3-13-30-18/h1-8,13-14H,9-12H2,(H,24,27). The molecular formula is C23H19N3O4S. The van der Waals surface area contributed by atoms with Crippen LogP contribution in [0.1, 0.15) is 31.3 Å². The molecule has 5 rings (SSSR count). The molecule has 0 unspecified atom stereocenters. The van der Waals surface area contributed by atoms with Gasteiger partial charge in [0.1, 0.15) is 0 Å². The van der Waals surface area contributed by atoms with Crippen LogP contribution < -0.4 is 5.32 Å². The van der Waals surface area contributed by atoms with Crippen molar-refractivity contribution in [2.24, 2.45) is 0 Å². The van der Waals surface area contributed by atoms with E-state index in [1.54, 1.807) is 40.1 Å². The van der Waals surface area contributed by atoms with Gasteiger partial charge in [-0.05, 0) is 42.5 Å². The minimum Gasteiger partial charge on any atom is -0.459 e. The average molecular weight is 433 g/mol. The first-order valence-corrected chi connectivity index (χ1v) is 10.8. The molecule has 31 heavy (non-hydrogen) atoms. The Hall–Kier alpha value is -3.52. The maximum atomic E-state index is 13.1. The number of furan rings is 1. The van der Waals surface area contributed by atoms with Crippen LogP contribution in [-0.2, 0) is 0 Å². The van der Waals surface area contributed by atoms with Gasteiger partial charge in [-0.15, -0.1) is 0 Å². The van der Waals surface area contributed by atoms with Gasteiger partial charge in [0.2, 0.25) is 0 Å². The largest absolute Gasteiger partial charge is 0.459 e. The Kier molecular flexibility index (Phi) is 4.99. The first-order valence-electron chi connectivity index (χ1n) is 9.94. The molecule has 0 spiro atoms. The number of nitrogens with one attached hydrogen (secondary N) is 1. The maximum absolute atomic E-state index is 13.1. The van der Waals surface area contributed by atoms with Gasteiger partial charge in [-0.3, -0.25) is 14.4 Å². The molecule has 8 heteroatoms. The van der Waals surface area contributed by atoms with Crippen LogP contribution >= 0.6 is 11.8 Å². The molecule has 3 aromatic rings. The summed E-state index contributed by atoms with van der Waals surface area (Å²) in [5, 5.41) is 2.92. The summed E-state index contributed by atoms with van der Waals surface area (Å²) in [7, 11) is 0. The zero-order valence-electron chi connectivity index (χ0n) is 16.5. The van der Waals surface area contributed by atoms with Gasteiger partial charge in [0.05, 0.1) is 17.5 Å². The predicted molar refractivity (Wildman–Crippen MR) is 115 cm³/mol. The Labute approximate surface area is 183 Å². The quantitative estimate of drug-likeness (QED) is 0.668. The third kappa shape index (κ3) is 3.70. The van der Waals surface area contributed by atoms with Crippen molar-refractivity contribution in [2.45, 2.75) is 9.79 Å². The first kappa shape index (κ1) is 19.4. The highest BCUT2D eigenvalue weighted by atomic mass is 32.2. The van der Waals surface area contributed by atoms with Gasteiger partial charge < -0.3 is 19.5 Å². The van der Waals surface area contributed by atoms with Crippen molar-refractivity contribution in [1.82, 2.24) is 9.80 Å². The summed E-state index contributed by atoms with van der Waals surface area (Å²) in [6.07, 6.45) is 1.47. The van der Waals surface area contributed by atoms with Gasteiger partial charge in [0, 0.05) is 41.5 Å². The lowest BCUT2D eigenvalue weighted by Crippen LogP contribution is -2.50. The molecule has 0 bridgehead atoms. The van der Waals surface area contributed by atoms with Crippen LogP contribution in [0.2, 0.25) is 0 Å². The van der Waals surface area contributed by atoms with Gasteiger partial charge in [-0.2, -0.15) is 0 Å². The molecule has 1 N–H and O–H groups in total. The second-order valence-electron chi connectivity index (χ2n) is 7.32. The number of anilines is 1. The van der Waals surface area contributed by atoms with Crippen molar-refractivity contribution in [3.63, 3.8) is 0 Å². The molecule has 2 aliphatic heterocycles. The fourth-order valence-electron chi connectivity index (χ4n) is 3.75. The van der Waals surface area contributed by atoms with Crippen molar-refractivity contribution in [3.8, 4) is 0 Å². The number of hydrogen-bond acceptors (Lipinski definition) is 5. The summed E-state index contributed by atoms with van der Waals surface area (Å²) < 4.78 is 5.18. The van der Waals surface area contributed by atoms with Crippen LogP contribution in [0.25, 0.3) is 0 Å². The molecule has 0 saturated carbocycles. The van der Waals surface area contributed by atoms with Gasteiger partial charge in [0.15, 0.2) is 5.76 Å². The molecule has 7 nitrogen and oxygen atoms in total. The lowest BCUT2D eigenvalue weighted by atomic mass is 10.1. The lowest BCUT2D eigenvalue weighted by Gasteiger charge is -2.34. The zero-order valence-corrected chi connectivity index (χ0v) is 17.4. The maximum Gasteiger partial charge on any atom is 0.289 e. The summed E-state index contributed by atoms with van der Waals surface area (Å²) in [6, 6.07) is 16.1. The smallest absolute Gasteiger partial charge is 0.289 e. The Morgan fingerprint density at radius 3 is 2.35 bits per heavy atom. The highest BCUT2D eigenvalue weighted by molar-refractivity contribution is 7.99. The van der Waals surface area contributed by atoms with Crippen LogP contribution in [0.15, 0.2) is 75.1 Å². The van der Waals surface area contributed by atoms with Crippen molar-refractivity contribution >= 4 is 35.2 Å². The van der Waals surface area contributed by atoms with Crippen LogP contribution in [-0.4, -0.2) is 53.7 Å². The third-order valence-electron chi connectivity index (χ3n) is 5.41. The normalized spacial score (nSPS) is 15.5. The topological polar surface area (TPSA) is 82.9 Å². The van der Waals surface area contributed by atoms with Gasteiger partial charge in [0.25, 0.3) is 17.7 Å².